The number of nitrogens with one attached hydrogen (secondary N) is 1. The summed E-state index contributed by atoms with van der Waals surface area (Å²) in [7, 11) is 0. The third-order valence-electron chi connectivity index (χ3n) is 3.72. The summed E-state index contributed by atoms with van der Waals surface area (Å²) in [6, 6.07) is 8.02. The van der Waals surface area contributed by atoms with Crippen LogP contribution in [0.15, 0.2) is 30.3 Å². The Kier molecular flexibility index (Phi) is 5.31. The molecule has 2 rings (SSSR count). The Morgan fingerprint density at radius 1 is 1.24 bits per heavy atom. The number of hydrogen-bond donors (Lipinski definition) is 1. The molecule has 0 radical (unpaired) electrons. The van der Waals surface area contributed by atoms with Crippen molar-refractivity contribution in [1.29, 1.82) is 0 Å². The lowest BCUT2D eigenvalue weighted by Crippen LogP contribution is -2.59. The van der Waals surface area contributed by atoms with Crippen LogP contribution < -0.4 is 5.32 Å². The van der Waals surface area contributed by atoms with Gasteiger partial charge in [-0.3, -0.25) is 14.0 Å². The molecular weight excluding hydrogens is 271 g/mol. The van der Waals surface area contributed by atoms with Gasteiger partial charge in [0.25, 0.3) is 0 Å². The monoisotopic (exact) mass is 292 g/mol. The molecule has 0 aromatic heterocycles. The van der Waals surface area contributed by atoms with Crippen LogP contribution in [0.1, 0.15) is 37.8 Å². The molecule has 5 heteroatoms. The molecule has 1 N–H and O–H groups in total. The van der Waals surface area contributed by atoms with Gasteiger partial charge in [-0.1, -0.05) is 43.7 Å². The maximum Gasteiger partial charge on any atom is 0.250 e. The second-order valence-corrected chi connectivity index (χ2v) is 5.23. The molecule has 4 nitrogen and oxygen atoms in total. The normalized spacial score (nSPS) is 22.3. The topological polar surface area (TPSA) is 49.4 Å². The van der Waals surface area contributed by atoms with Crippen LogP contribution in [-0.4, -0.2) is 36.0 Å². The number of piperazine rings is 1. The summed E-state index contributed by atoms with van der Waals surface area (Å²) >= 11 is 0. The summed E-state index contributed by atoms with van der Waals surface area (Å²) in [6.07, 6.45) is 1.67. The molecule has 1 aromatic rings. The van der Waals surface area contributed by atoms with Crippen molar-refractivity contribution < 1.29 is 14.0 Å². The first-order valence-corrected chi connectivity index (χ1v) is 7.40. The standard InChI is InChI=1S/C16H21FN2O2/c1-2-7-13-15(20)18-14(12-8-4-3-5-9-12)16(21)19(13)11-6-10-17/h3-5,8-9,13-14H,2,6-7,10-11H2,1H3,(H,18,20). The van der Waals surface area contributed by atoms with Crippen LogP contribution in [0.3, 0.4) is 0 Å². The van der Waals surface area contributed by atoms with Crippen LogP contribution in [-0.2, 0) is 9.59 Å². The van der Waals surface area contributed by atoms with E-state index in [9.17, 15) is 14.0 Å². The lowest BCUT2D eigenvalue weighted by Gasteiger charge is -2.39. The van der Waals surface area contributed by atoms with Crippen molar-refractivity contribution in [3.63, 3.8) is 0 Å². The van der Waals surface area contributed by atoms with Gasteiger partial charge in [-0.2, -0.15) is 0 Å². The summed E-state index contributed by atoms with van der Waals surface area (Å²) in [4.78, 5) is 26.5. The number of hydrogen-bond acceptors (Lipinski definition) is 2. The van der Waals surface area contributed by atoms with E-state index in [0.717, 1.165) is 12.0 Å². The van der Waals surface area contributed by atoms with Gasteiger partial charge in [0.1, 0.15) is 12.1 Å². The molecule has 1 saturated heterocycles. The van der Waals surface area contributed by atoms with Gasteiger partial charge in [0.2, 0.25) is 11.8 Å². The van der Waals surface area contributed by atoms with E-state index in [1.165, 1.54) is 0 Å². The Morgan fingerprint density at radius 3 is 2.57 bits per heavy atom. The Balaban J connectivity index is 2.24. The molecule has 0 bridgehead atoms. The zero-order chi connectivity index (χ0) is 15.2. The summed E-state index contributed by atoms with van der Waals surface area (Å²) in [5.74, 6) is -0.295. The maximum absolute atomic E-state index is 12.7. The highest BCUT2D eigenvalue weighted by molar-refractivity contribution is 5.97. The van der Waals surface area contributed by atoms with E-state index < -0.39 is 18.8 Å². The van der Waals surface area contributed by atoms with Gasteiger partial charge in [-0.25, -0.2) is 0 Å². The van der Waals surface area contributed by atoms with Crippen LogP contribution in [0.2, 0.25) is 0 Å². The summed E-state index contributed by atoms with van der Waals surface area (Å²) in [6.45, 7) is 1.77. The number of nitrogens with zero attached hydrogens (tertiary/aromatic N) is 1. The smallest absolute Gasteiger partial charge is 0.250 e. The molecule has 2 amide bonds. The highest BCUT2D eigenvalue weighted by Gasteiger charge is 2.40. The Labute approximate surface area is 124 Å². The minimum Gasteiger partial charge on any atom is -0.339 e. The first-order valence-electron chi connectivity index (χ1n) is 7.40. The first-order chi connectivity index (χ1) is 10.2. The third-order valence-corrected chi connectivity index (χ3v) is 3.72. The van der Waals surface area contributed by atoms with Crippen molar-refractivity contribution in [1.82, 2.24) is 10.2 Å². The molecule has 21 heavy (non-hydrogen) atoms. The van der Waals surface area contributed by atoms with Crippen LogP contribution in [0.5, 0.6) is 0 Å². The quantitative estimate of drug-likeness (QED) is 0.874. The lowest BCUT2D eigenvalue weighted by atomic mass is 9.98. The van der Waals surface area contributed by atoms with Crippen LogP contribution in [0.4, 0.5) is 4.39 Å². The van der Waals surface area contributed by atoms with Gasteiger partial charge in [0.05, 0.1) is 6.67 Å². The SMILES string of the molecule is CCCC1C(=O)NC(c2ccccc2)C(=O)N1CCCF. The number of benzene rings is 1. The fourth-order valence-corrected chi connectivity index (χ4v) is 2.69. The van der Waals surface area contributed by atoms with Gasteiger partial charge < -0.3 is 10.2 Å². The maximum atomic E-state index is 12.7. The molecular formula is C16H21FN2O2. The molecule has 1 aliphatic rings. The molecule has 1 aromatic carbocycles. The van der Waals surface area contributed by atoms with E-state index >= 15 is 0 Å². The second-order valence-electron chi connectivity index (χ2n) is 5.23. The summed E-state index contributed by atoms with van der Waals surface area (Å²) in [5.41, 5.74) is 0.760. The average molecular weight is 292 g/mol. The van der Waals surface area contributed by atoms with Crippen molar-refractivity contribution >= 4 is 11.8 Å². The molecule has 2 unspecified atom stereocenters. The average Bonchev–Trinajstić information content (AvgIpc) is 2.51. The largest absolute Gasteiger partial charge is 0.339 e. The molecule has 114 valence electrons. The van der Waals surface area contributed by atoms with Crippen LogP contribution in [0.25, 0.3) is 0 Å². The Hall–Kier alpha value is -1.91. The van der Waals surface area contributed by atoms with E-state index in [-0.39, 0.29) is 24.8 Å². The molecule has 0 saturated carbocycles. The number of halogens is 1. The molecule has 1 heterocycles. The molecule has 2 atom stereocenters. The number of alkyl halides is 1. The lowest BCUT2D eigenvalue weighted by molar-refractivity contribution is -0.150. The van der Waals surface area contributed by atoms with Gasteiger partial charge >= 0.3 is 0 Å². The van der Waals surface area contributed by atoms with Crippen molar-refractivity contribution in [2.45, 2.75) is 38.3 Å². The molecule has 0 aliphatic carbocycles. The van der Waals surface area contributed by atoms with E-state index in [1.54, 1.807) is 4.90 Å². The number of amides is 2. The summed E-state index contributed by atoms with van der Waals surface area (Å²) < 4.78 is 12.5. The van der Waals surface area contributed by atoms with Crippen molar-refractivity contribution in [3.05, 3.63) is 35.9 Å². The van der Waals surface area contributed by atoms with Gasteiger partial charge in [0.15, 0.2) is 0 Å². The second kappa shape index (κ2) is 7.20. The van der Waals surface area contributed by atoms with Crippen LogP contribution in [0, 0.1) is 0 Å². The van der Waals surface area contributed by atoms with E-state index in [1.807, 2.05) is 37.3 Å². The number of rotatable bonds is 6. The van der Waals surface area contributed by atoms with Crippen molar-refractivity contribution in [2.75, 3.05) is 13.2 Å². The fraction of sp³-hybridized carbons (Fsp3) is 0.500. The predicted molar refractivity (Wildman–Crippen MR) is 78.3 cm³/mol. The molecule has 1 fully saturated rings. The number of carbonyl (C=O) groups is 2. The van der Waals surface area contributed by atoms with E-state index in [0.29, 0.717) is 6.42 Å². The minimum atomic E-state index is -0.661. The fourth-order valence-electron chi connectivity index (χ4n) is 2.69. The van der Waals surface area contributed by atoms with Gasteiger partial charge in [0, 0.05) is 6.54 Å². The molecule has 0 spiro atoms. The zero-order valence-corrected chi connectivity index (χ0v) is 12.2. The molecule has 1 aliphatic heterocycles. The van der Waals surface area contributed by atoms with E-state index in [4.69, 9.17) is 0 Å². The minimum absolute atomic E-state index is 0.146. The van der Waals surface area contributed by atoms with Crippen molar-refractivity contribution in [2.24, 2.45) is 0 Å². The Bertz CT molecular complexity index is 492. The van der Waals surface area contributed by atoms with Gasteiger partial charge in [-0.05, 0) is 18.4 Å². The van der Waals surface area contributed by atoms with Crippen molar-refractivity contribution in [3.8, 4) is 0 Å². The number of carbonyl (C=O) groups excluding carboxylic acids is 2. The van der Waals surface area contributed by atoms with Gasteiger partial charge in [-0.15, -0.1) is 0 Å². The third kappa shape index (κ3) is 3.40. The van der Waals surface area contributed by atoms with Crippen LogP contribution >= 0.6 is 0 Å². The summed E-state index contributed by atoms with van der Waals surface area (Å²) in [5, 5.41) is 2.80. The highest BCUT2D eigenvalue weighted by Crippen LogP contribution is 2.24. The van der Waals surface area contributed by atoms with E-state index in [2.05, 4.69) is 5.32 Å². The first kappa shape index (κ1) is 15.5. The zero-order valence-electron chi connectivity index (χ0n) is 12.2. The predicted octanol–water partition coefficient (Wildman–Crippen LogP) is 2.21. The Morgan fingerprint density at radius 2 is 1.95 bits per heavy atom. The highest BCUT2D eigenvalue weighted by atomic mass is 19.1.